The molecule has 8 aromatic carbocycles. The summed E-state index contributed by atoms with van der Waals surface area (Å²) in [6, 6.07) is 59.6. The Morgan fingerprint density at radius 3 is 2.02 bits per heavy atom. The third-order valence-corrected chi connectivity index (χ3v) is 11.2. The first-order valence-corrected chi connectivity index (χ1v) is 17.5. The number of rotatable bonds is 3. The molecule has 0 bridgehead atoms. The molecule has 0 spiro atoms. The van der Waals surface area contributed by atoms with Crippen molar-refractivity contribution < 1.29 is 0 Å². The molecule has 228 valence electrons. The lowest BCUT2D eigenvalue weighted by molar-refractivity contribution is 1.15. The fourth-order valence-electron chi connectivity index (χ4n) is 7.98. The molecular formula is C45H27N3S. The van der Waals surface area contributed by atoms with Crippen molar-refractivity contribution in [1.29, 1.82) is 0 Å². The van der Waals surface area contributed by atoms with Crippen molar-refractivity contribution in [2.24, 2.45) is 0 Å². The summed E-state index contributed by atoms with van der Waals surface area (Å²) in [5.74, 6) is 0. The van der Waals surface area contributed by atoms with Crippen LogP contribution in [0, 0.1) is 0 Å². The Morgan fingerprint density at radius 2 is 1.12 bits per heavy atom. The number of benzene rings is 8. The summed E-state index contributed by atoms with van der Waals surface area (Å²) in [7, 11) is 0. The Morgan fingerprint density at radius 1 is 0.429 bits per heavy atom. The van der Waals surface area contributed by atoms with Crippen LogP contribution in [0.25, 0.3) is 97.3 Å². The van der Waals surface area contributed by atoms with E-state index in [-0.39, 0.29) is 0 Å². The maximum absolute atomic E-state index is 5.06. The van der Waals surface area contributed by atoms with Crippen LogP contribution in [-0.2, 0) is 0 Å². The van der Waals surface area contributed by atoms with E-state index in [0.717, 1.165) is 10.6 Å². The molecule has 11 aromatic rings. The number of nitrogens with zero attached hydrogens (tertiary/aromatic N) is 3. The van der Waals surface area contributed by atoms with Crippen molar-refractivity contribution in [2.75, 3.05) is 0 Å². The maximum atomic E-state index is 5.06. The minimum absolute atomic E-state index is 0.994. The predicted octanol–water partition coefficient (Wildman–Crippen LogP) is 12.5. The molecule has 0 unspecified atom stereocenters. The zero-order valence-corrected chi connectivity index (χ0v) is 27.2. The largest absolute Gasteiger partial charge is 0.309 e. The maximum Gasteiger partial charge on any atom is 0.195 e. The second kappa shape index (κ2) is 10.1. The Balaban J connectivity index is 1.14. The van der Waals surface area contributed by atoms with Crippen LogP contribution in [0.1, 0.15) is 0 Å². The number of hydrogen-bond acceptors (Lipinski definition) is 2. The molecule has 0 saturated carbocycles. The number of hydrogen-bond donors (Lipinski definition) is 0. The summed E-state index contributed by atoms with van der Waals surface area (Å²) in [4.78, 5) is 5.06. The first-order valence-electron chi connectivity index (χ1n) is 16.6. The second-order valence-corrected chi connectivity index (χ2v) is 13.8. The average molecular weight is 642 g/mol. The molecule has 11 rings (SSSR count). The summed E-state index contributed by atoms with van der Waals surface area (Å²) in [6.45, 7) is 0. The zero-order chi connectivity index (χ0) is 32.1. The summed E-state index contributed by atoms with van der Waals surface area (Å²) < 4.78 is 5.96. The smallest absolute Gasteiger partial charge is 0.195 e. The van der Waals surface area contributed by atoms with E-state index in [0.29, 0.717) is 0 Å². The summed E-state index contributed by atoms with van der Waals surface area (Å²) >= 11 is 1.74. The fraction of sp³-hybridized carbons (Fsp3) is 0. The molecule has 0 aliphatic carbocycles. The lowest BCUT2D eigenvalue weighted by Gasteiger charge is -2.11. The van der Waals surface area contributed by atoms with Crippen LogP contribution in [0.15, 0.2) is 164 Å². The molecule has 0 amide bonds. The third kappa shape index (κ3) is 3.86. The van der Waals surface area contributed by atoms with E-state index in [4.69, 9.17) is 4.98 Å². The quantitative estimate of drug-likeness (QED) is 0.176. The first-order chi connectivity index (χ1) is 24.3. The predicted molar refractivity (Wildman–Crippen MR) is 209 cm³/mol. The van der Waals surface area contributed by atoms with Crippen molar-refractivity contribution in [3.05, 3.63) is 164 Å². The van der Waals surface area contributed by atoms with Crippen LogP contribution in [0.3, 0.4) is 0 Å². The van der Waals surface area contributed by atoms with Gasteiger partial charge >= 0.3 is 0 Å². The molecule has 49 heavy (non-hydrogen) atoms. The van der Waals surface area contributed by atoms with Gasteiger partial charge in [-0.05, 0) is 87.3 Å². The van der Waals surface area contributed by atoms with E-state index in [1.807, 2.05) is 0 Å². The highest BCUT2D eigenvalue weighted by Crippen LogP contribution is 2.42. The number of aromatic nitrogens is 3. The van der Waals surface area contributed by atoms with E-state index in [2.05, 4.69) is 173 Å². The van der Waals surface area contributed by atoms with Crippen molar-refractivity contribution in [3.63, 3.8) is 0 Å². The van der Waals surface area contributed by atoms with Gasteiger partial charge in [0.15, 0.2) is 5.13 Å². The van der Waals surface area contributed by atoms with E-state index < -0.39 is 0 Å². The molecule has 3 nitrogen and oxygen atoms in total. The van der Waals surface area contributed by atoms with Gasteiger partial charge in [-0.2, -0.15) is 0 Å². The molecule has 0 atom stereocenters. The van der Waals surface area contributed by atoms with Crippen molar-refractivity contribution in [1.82, 2.24) is 14.1 Å². The minimum Gasteiger partial charge on any atom is -0.309 e. The van der Waals surface area contributed by atoms with Gasteiger partial charge < -0.3 is 4.57 Å². The van der Waals surface area contributed by atoms with Gasteiger partial charge in [-0.15, -0.1) is 0 Å². The highest BCUT2D eigenvalue weighted by atomic mass is 32.1. The van der Waals surface area contributed by atoms with E-state index in [9.17, 15) is 0 Å². The summed E-state index contributed by atoms with van der Waals surface area (Å²) in [5.41, 5.74) is 9.40. The molecule has 0 aliphatic heterocycles. The Hall–Kier alpha value is -6.23. The molecule has 4 heteroatoms. The average Bonchev–Trinajstić information content (AvgIpc) is 3.84. The molecule has 0 fully saturated rings. The van der Waals surface area contributed by atoms with E-state index >= 15 is 0 Å². The fourth-order valence-corrected chi connectivity index (χ4v) is 8.97. The standard InChI is InChI=1S/C45H27N3S/c1-2-11-32-28(10-1)20-21-29-26-31(23-24-33(29)32)47-40-17-7-4-13-36(40)44-34(14-9-18-42(44)47)30-22-25-41-37(27-30)35-12-3-6-16-39(35)48(41)45-46-38-15-5-8-19-43(38)49-45/h1-27H. The van der Waals surface area contributed by atoms with Gasteiger partial charge in [0.05, 0.1) is 32.3 Å². The van der Waals surface area contributed by atoms with Gasteiger partial charge in [0.25, 0.3) is 0 Å². The van der Waals surface area contributed by atoms with Crippen molar-refractivity contribution in [3.8, 4) is 21.9 Å². The van der Waals surface area contributed by atoms with Gasteiger partial charge in [0, 0.05) is 27.2 Å². The van der Waals surface area contributed by atoms with Crippen molar-refractivity contribution in [2.45, 2.75) is 0 Å². The number of thiazole rings is 1. The van der Waals surface area contributed by atoms with E-state index in [1.54, 1.807) is 11.3 Å². The van der Waals surface area contributed by atoms with Crippen LogP contribution in [-0.4, -0.2) is 14.1 Å². The monoisotopic (exact) mass is 641 g/mol. The zero-order valence-electron chi connectivity index (χ0n) is 26.3. The molecule has 0 aliphatic rings. The molecule has 0 saturated heterocycles. The van der Waals surface area contributed by atoms with Gasteiger partial charge in [0.2, 0.25) is 0 Å². The lowest BCUT2D eigenvalue weighted by Crippen LogP contribution is -1.94. The van der Waals surface area contributed by atoms with Crippen LogP contribution in [0.4, 0.5) is 0 Å². The molecule has 0 radical (unpaired) electrons. The van der Waals surface area contributed by atoms with Crippen molar-refractivity contribution >= 4 is 86.7 Å². The van der Waals surface area contributed by atoms with E-state index in [1.165, 1.54) is 86.7 Å². The van der Waals surface area contributed by atoms with Crippen LogP contribution < -0.4 is 0 Å². The Kier molecular flexibility index (Phi) is 5.54. The normalized spacial score (nSPS) is 12.1. The summed E-state index contributed by atoms with van der Waals surface area (Å²) in [5, 5.41) is 11.1. The van der Waals surface area contributed by atoms with Crippen LogP contribution in [0.2, 0.25) is 0 Å². The van der Waals surface area contributed by atoms with Crippen LogP contribution >= 0.6 is 11.3 Å². The Labute approximate surface area is 285 Å². The number of fused-ring (bicyclic) bond motifs is 10. The topological polar surface area (TPSA) is 22.8 Å². The first kappa shape index (κ1) is 26.8. The van der Waals surface area contributed by atoms with Gasteiger partial charge in [-0.25, -0.2) is 4.98 Å². The van der Waals surface area contributed by atoms with Gasteiger partial charge in [-0.3, -0.25) is 4.57 Å². The van der Waals surface area contributed by atoms with Crippen LogP contribution in [0.5, 0.6) is 0 Å². The van der Waals surface area contributed by atoms with Gasteiger partial charge in [0.1, 0.15) is 0 Å². The second-order valence-electron chi connectivity index (χ2n) is 12.8. The Bertz CT molecular complexity index is 3090. The highest BCUT2D eigenvalue weighted by molar-refractivity contribution is 7.20. The number of para-hydroxylation sites is 3. The third-order valence-electron chi connectivity index (χ3n) is 10.1. The minimum atomic E-state index is 0.994. The molecule has 3 aromatic heterocycles. The highest BCUT2D eigenvalue weighted by Gasteiger charge is 2.19. The molecule has 0 N–H and O–H groups in total. The summed E-state index contributed by atoms with van der Waals surface area (Å²) in [6.07, 6.45) is 0. The van der Waals surface area contributed by atoms with Gasteiger partial charge in [-0.1, -0.05) is 121 Å². The molecular weight excluding hydrogens is 615 g/mol. The lowest BCUT2D eigenvalue weighted by atomic mass is 9.98. The molecule has 3 heterocycles. The SMILES string of the molecule is c1ccc2c(c1)ccc1cc(-n3c4ccccc4c4c(-c5ccc6c(c5)c5ccccc5n6-c5nc6ccccc6s5)cccc43)ccc12.